The van der Waals surface area contributed by atoms with Gasteiger partial charge in [-0.25, -0.2) is 4.79 Å². The summed E-state index contributed by atoms with van der Waals surface area (Å²) in [6, 6.07) is 1.02. The Kier molecular flexibility index (Phi) is 7.99. The first kappa shape index (κ1) is 26.0. The molecule has 1 saturated heterocycles. The first-order chi connectivity index (χ1) is 15.4. The Balaban J connectivity index is 0.00000187. The molecular weight excluding hydrogens is 435 g/mol. The van der Waals surface area contributed by atoms with E-state index in [1.807, 2.05) is 13.8 Å². The highest BCUT2D eigenvalue weighted by atomic mass is 16.6. The highest BCUT2D eigenvalue weighted by molar-refractivity contribution is 6.59. The number of fused-ring (bicyclic) bond motifs is 1. The van der Waals surface area contributed by atoms with Crippen LogP contribution in [0, 0.1) is 0 Å². The van der Waals surface area contributed by atoms with Gasteiger partial charge < -0.3 is 19.5 Å². The number of hydrogen-bond donors (Lipinski definition) is 3. The number of piperidine rings is 1. The maximum absolute atomic E-state index is 13.0. The summed E-state index contributed by atoms with van der Waals surface area (Å²) in [6.07, 6.45) is -0.0911. The van der Waals surface area contributed by atoms with Crippen LogP contribution in [-0.4, -0.2) is 69.9 Å². The second kappa shape index (κ2) is 10.1. The molecule has 2 aliphatic heterocycles. The van der Waals surface area contributed by atoms with Gasteiger partial charge in [-0.15, -0.1) is 0 Å². The van der Waals surface area contributed by atoms with Gasteiger partial charge in [0.15, 0.2) is 6.61 Å². The van der Waals surface area contributed by atoms with Crippen LogP contribution >= 0.6 is 0 Å². The zero-order chi connectivity index (χ0) is 25.1. The maximum Gasteiger partial charge on any atom is 0.488 e. The van der Waals surface area contributed by atoms with E-state index < -0.39 is 55.0 Å². The van der Waals surface area contributed by atoms with E-state index in [1.165, 1.54) is 0 Å². The van der Waals surface area contributed by atoms with Gasteiger partial charge in [0.1, 0.15) is 17.4 Å². The summed E-state index contributed by atoms with van der Waals surface area (Å²) in [5.41, 5.74) is -1.36. The molecule has 1 aromatic carbocycles. The van der Waals surface area contributed by atoms with Crippen LogP contribution in [0.15, 0.2) is 12.1 Å². The van der Waals surface area contributed by atoms with E-state index in [0.717, 1.165) is 12.1 Å². The number of rotatable bonds is 5. The van der Waals surface area contributed by atoms with Gasteiger partial charge in [0.25, 0.3) is 11.8 Å². The smallest absolute Gasteiger partial charge is 0.481 e. The van der Waals surface area contributed by atoms with Crippen molar-refractivity contribution in [1.29, 1.82) is 0 Å². The Bertz CT molecular complexity index is 985. The Morgan fingerprint density at radius 2 is 1.79 bits per heavy atom. The molecule has 2 heterocycles. The van der Waals surface area contributed by atoms with E-state index >= 15 is 0 Å². The molecule has 1 atom stereocenters. The van der Waals surface area contributed by atoms with Crippen molar-refractivity contribution < 1.29 is 43.5 Å². The molecule has 12 heteroatoms. The number of esters is 1. The molecule has 11 nitrogen and oxygen atoms in total. The summed E-state index contributed by atoms with van der Waals surface area (Å²) in [5, 5.41) is 21.2. The predicted octanol–water partition coefficient (Wildman–Crippen LogP) is -0.486. The van der Waals surface area contributed by atoms with Crippen molar-refractivity contribution in [3.05, 3.63) is 23.3 Å². The van der Waals surface area contributed by atoms with Crippen LogP contribution in [0.25, 0.3) is 0 Å². The number of amides is 4. The van der Waals surface area contributed by atoms with Crippen LogP contribution in [0.2, 0.25) is 0 Å². The van der Waals surface area contributed by atoms with E-state index in [4.69, 9.17) is 9.47 Å². The summed E-state index contributed by atoms with van der Waals surface area (Å²) in [6.45, 7) is 8.37. The largest absolute Gasteiger partial charge is 0.488 e. The fraction of sp³-hybridized carbons (Fsp3) is 0.476. The topological polar surface area (TPSA) is 160 Å². The average Bonchev–Trinajstić information content (AvgIpc) is 2.97. The van der Waals surface area contributed by atoms with E-state index in [9.17, 15) is 34.0 Å². The number of imide groups is 2. The summed E-state index contributed by atoms with van der Waals surface area (Å²) in [7, 11) is -1.98. The van der Waals surface area contributed by atoms with Crippen molar-refractivity contribution in [2.75, 3.05) is 6.61 Å². The fourth-order valence-electron chi connectivity index (χ4n) is 3.35. The molecule has 0 aliphatic carbocycles. The fourth-order valence-corrected chi connectivity index (χ4v) is 3.35. The molecule has 4 amide bonds. The Hall–Kier alpha value is -3.25. The number of nitrogens with zero attached hydrogens (tertiary/aromatic N) is 1. The van der Waals surface area contributed by atoms with Crippen LogP contribution in [0.5, 0.6) is 5.75 Å². The van der Waals surface area contributed by atoms with Gasteiger partial charge in [0.2, 0.25) is 11.8 Å². The number of nitrogens with one attached hydrogen (secondary N) is 1. The molecule has 33 heavy (non-hydrogen) atoms. The molecule has 3 rings (SSSR count). The normalized spacial score (nSPS) is 17.7. The van der Waals surface area contributed by atoms with Crippen LogP contribution < -0.4 is 15.5 Å². The Labute approximate surface area is 191 Å². The predicted molar refractivity (Wildman–Crippen MR) is 116 cm³/mol. The van der Waals surface area contributed by atoms with E-state index in [1.54, 1.807) is 20.8 Å². The first-order valence-corrected chi connectivity index (χ1v) is 10.5. The number of carbonyl (C=O) groups excluding carboxylic acids is 5. The third-order valence-corrected chi connectivity index (χ3v) is 4.59. The second-order valence-corrected chi connectivity index (χ2v) is 8.14. The lowest BCUT2D eigenvalue weighted by Crippen LogP contribution is -2.54. The van der Waals surface area contributed by atoms with Crippen molar-refractivity contribution in [1.82, 2.24) is 10.2 Å². The van der Waals surface area contributed by atoms with Gasteiger partial charge in [-0.05, 0) is 44.8 Å². The molecule has 2 aliphatic rings. The molecule has 1 aromatic rings. The maximum atomic E-state index is 13.0. The minimum atomic E-state index is -1.98. The van der Waals surface area contributed by atoms with Gasteiger partial charge in [0.05, 0.1) is 11.1 Å². The molecule has 0 spiro atoms. The van der Waals surface area contributed by atoms with E-state index in [0.29, 0.717) is 4.90 Å². The molecule has 0 aromatic heterocycles. The lowest BCUT2D eigenvalue weighted by Gasteiger charge is -2.27. The van der Waals surface area contributed by atoms with Crippen molar-refractivity contribution in [2.24, 2.45) is 0 Å². The SMILES string of the molecule is CC.CC(C)(C)OC(=O)COc1cc(B(O)O)cc2c1C(=O)N(C1CCC(=O)NC1=O)C2=O. The number of hydrogen-bond acceptors (Lipinski definition) is 9. The summed E-state index contributed by atoms with van der Waals surface area (Å²) >= 11 is 0. The average molecular weight is 462 g/mol. The summed E-state index contributed by atoms with van der Waals surface area (Å²) in [4.78, 5) is 62.2. The zero-order valence-electron chi connectivity index (χ0n) is 19.1. The van der Waals surface area contributed by atoms with E-state index in [-0.39, 0.29) is 35.2 Å². The molecule has 0 radical (unpaired) electrons. The molecule has 1 fully saturated rings. The standard InChI is InChI=1S/C19H21BN2O9.C2H6/c1-19(2,3)31-14(24)8-30-12-7-9(20(28)29)6-10-15(12)18(27)22(17(10)26)11-4-5-13(23)21-16(11)25;1-2/h6-7,11,28-29H,4-5,8H2,1-3H3,(H,21,23,25);1-2H3. The number of benzene rings is 1. The molecule has 0 saturated carbocycles. The lowest BCUT2D eigenvalue weighted by atomic mass is 9.78. The van der Waals surface area contributed by atoms with Gasteiger partial charge in [-0.3, -0.25) is 29.4 Å². The van der Waals surface area contributed by atoms with Crippen LogP contribution in [0.4, 0.5) is 0 Å². The zero-order valence-corrected chi connectivity index (χ0v) is 19.1. The third-order valence-electron chi connectivity index (χ3n) is 4.59. The van der Waals surface area contributed by atoms with Gasteiger partial charge in [-0.1, -0.05) is 13.8 Å². The highest BCUT2D eigenvalue weighted by Gasteiger charge is 2.46. The minimum absolute atomic E-state index is 0.0419. The van der Waals surface area contributed by atoms with Gasteiger partial charge >= 0.3 is 13.1 Å². The molecule has 1 unspecified atom stereocenters. The molecule has 0 bridgehead atoms. The third kappa shape index (κ3) is 5.76. The highest BCUT2D eigenvalue weighted by Crippen LogP contribution is 2.33. The molecule has 178 valence electrons. The minimum Gasteiger partial charge on any atom is -0.481 e. The van der Waals surface area contributed by atoms with Crippen molar-refractivity contribution in [3.63, 3.8) is 0 Å². The van der Waals surface area contributed by atoms with Crippen molar-refractivity contribution >= 4 is 42.2 Å². The summed E-state index contributed by atoms with van der Waals surface area (Å²) in [5.74, 6) is -3.98. The number of carbonyl (C=O) groups is 5. The first-order valence-electron chi connectivity index (χ1n) is 10.5. The van der Waals surface area contributed by atoms with E-state index in [2.05, 4.69) is 5.32 Å². The lowest BCUT2D eigenvalue weighted by molar-refractivity contribution is -0.157. The Morgan fingerprint density at radius 1 is 1.15 bits per heavy atom. The quantitative estimate of drug-likeness (QED) is 0.298. The van der Waals surface area contributed by atoms with Crippen LogP contribution in [0.3, 0.4) is 0 Å². The van der Waals surface area contributed by atoms with Gasteiger partial charge in [-0.2, -0.15) is 0 Å². The second-order valence-electron chi connectivity index (χ2n) is 8.14. The van der Waals surface area contributed by atoms with Crippen molar-refractivity contribution in [3.8, 4) is 5.75 Å². The van der Waals surface area contributed by atoms with Crippen LogP contribution in [0.1, 0.15) is 68.2 Å². The summed E-state index contributed by atoms with van der Waals surface area (Å²) < 4.78 is 10.5. The molecular formula is C21H27BN2O9. The monoisotopic (exact) mass is 462 g/mol. The van der Waals surface area contributed by atoms with Gasteiger partial charge in [0, 0.05) is 6.42 Å². The van der Waals surface area contributed by atoms with Crippen LogP contribution in [-0.2, 0) is 19.1 Å². The van der Waals surface area contributed by atoms with Crippen molar-refractivity contribution in [2.45, 2.75) is 59.1 Å². The number of ether oxygens (including phenoxy) is 2. The molecule has 3 N–H and O–H groups in total. The Morgan fingerprint density at radius 3 is 2.33 bits per heavy atom.